The minimum absolute atomic E-state index is 0.137. The van der Waals surface area contributed by atoms with Crippen molar-refractivity contribution in [1.82, 2.24) is 0 Å². The fraction of sp³-hybridized carbons (Fsp3) is 0.538. The Morgan fingerprint density at radius 3 is 2.07 bits per heavy atom. The summed E-state index contributed by atoms with van der Waals surface area (Å²) in [5, 5.41) is 9.53. The van der Waals surface area contributed by atoms with E-state index in [1.54, 1.807) is 0 Å². The van der Waals surface area contributed by atoms with Gasteiger partial charge in [-0.3, -0.25) is 0 Å². The van der Waals surface area contributed by atoms with Crippen LogP contribution in [0, 0.1) is 20.8 Å². The average Bonchev–Trinajstić information content (AvgIpc) is 2.07. The summed E-state index contributed by atoms with van der Waals surface area (Å²) in [6, 6.07) is 4.36. The van der Waals surface area contributed by atoms with Crippen LogP contribution in [0.15, 0.2) is 12.1 Å². The van der Waals surface area contributed by atoms with Gasteiger partial charge in [-0.25, -0.2) is 0 Å². The standard InChI is InChI=1S/C13H18O2/c1-9-4-10(2)12(11(3)5-9)13(6-14)7-15-8-13/h4-5,14H,6-8H2,1-3H3. The van der Waals surface area contributed by atoms with Crippen LogP contribution in [0.1, 0.15) is 22.3 Å². The molecule has 0 spiro atoms. The van der Waals surface area contributed by atoms with Crippen LogP contribution in [0.3, 0.4) is 0 Å². The van der Waals surface area contributed by atoms with E-state index >= 15 is 0 Å². The Kier molecular flexibility index (Phi) is 2.57. The smallest absolute Gasteiger partial charge is 0.0656 e. The molecule has 0 aliphatic carbocycles. The van der Waals surface area contributed by atoms with Gasteiger partial charge in [0.1, 0.15) is 0 Å². The second-order valence-corrected chi connectivity index (χ2v) is 4.70. The fourth-order valence-electron chi connectivity index (χ4n) is 2.68. The first-order chi connectivity index (χ1) is 7.09. The number of benzene rings is 1. The molecule has 1 heterocycles. The van der Waals surface area contributed by atoms with Gasteiger partial charge in [0, 0.05) is 0 Å². The van der Waals surface area contributed by atoms with Gasteiger partial charge in [-0.1, -0.05) is 17.7 Å². The van der Waals surface area contributed by atoms with Crippen LogP contribution < -0.4 is 0 Å². The minimum Gasteiger partial charge on any atom is -0.395 e. The van der Waals surface area contributed by atoms with Crippen LogP contribution in [0.25, 0.3) is 0 Å². The van der Waals surface area contributed by atoms with E-state index in [1.165, 1.54) is 22.3 Å². The molecule has 2 rings (SSSR count). The molecular formula is C13H18O2. The first-order valence-corrected chi connectivity index (χ1v) is 5.36. The maximum atomic E-state index is 9.53. The molecular weight excluding hydrogens is 188 g/mol. The van der Waals surface area contributed by atoms with E-state index in [4.69, 9.17) is 4.74 Å². The first-order valence-electron chi connectivity index (χ1n) is 5.36. The van der Waals surface area contributed by atoms with Crippen molar-refractivity contribution >= 4 is 0 Å². The second kappa shape index (κ2) is 3.62. The molecule has 1 aliphatic rings. The molecule has 0 atom stereocenters. The summed E-state index contributed by atoms with van der Waals surface area (Å²) in [5.74, 6) is 0. The third kappa shape index (κ3) is 1.58. The van der Waals surface area contributed by atoms with E-state index in [9.17, 15) is 5.11 Å². The molecule has 1 saturated heterocycles. The number of aliphatic hydroxyl groups excluding tert-OH is 1. The first kappa shape index (κ1) is 10.7. The van der Waals surface area contributed by atoms with Gasteiger partial charge in [0.15, 0.2) is 0 Å². The van der Waals surface area contributed by atoms with Crippen LogP contribution in [0.5, 0.6) is 0 Å². The number of aliphatic hydroxyl groups is 1. The zero-order valence-electron chi connectivity index (χ0n) is 9.63. The van der Waals surface area contributed by atoms with Gasteiger partial charge in [-0.15, -0.1) is 0 Å². The van der Waals surface area contributed by atoms with Crippen molar-refractivity contribution < 1.29 is 9.84 Å². The van der Waals surface area contributed by atoms with Gasteiger partial charge in [-0.05, 0) is 37.5 Å². The molecule has 15 heavy (non-hydrogen) atoms. The second-order valence-electron chi connectivity index (χ2n) is 4.70. The molecule has 0 aromatic heterocycles. The molecule has 1 aromatic rings. The zero-order valence-corrected chi connectivity index (χ0v) is 9.63. The highest BCUT2D eigenvalue weighted by Gasteiger charge is 2.41. The highest BCUT2D eigenvalue weighted by Crippen LogP contribution is 2.36. The molecule has 1 aromatic carbocycles. The van der Waals surface area contributed by atoms with Crippen molar-refractivity contribution in [2.45, 2.75) is 26.2 Å². The van der Waals surface area contributed by atoms with Crippen molar-refractivity contribution in [3.05, 3.63) is 34.4 Å². The third-order valence-electron chi connectivity index (χ3n) is 3.27. The van der Waals surface area contributed by atoms with Gasteiger partial charge in [0.05, 0.1) is 25.2 Å². The maximum absolute atomic E-state index is 9.53. The Morgan fingerprint density at radius 1 is 1.20 bits per heavy atom. The molecule has 0 unspecified atom stereocenters. The van der Waals surface area contributed by atoms with Gasteiger partial charge in [-0.2, -0.15) is 0 Å². The monoisotopic (exact) mass is 206 g/mol. The van der Waals surface area contributed by atoms with Crippen molar-refractivity contribution in [3.8, 4) is 0 Å². The Bertz CT molecular complexity index is 350. The number of aryl methyl sites for hydroxylation is 3. The van der Waals surface area contributed by atoms with Gasteiger partial charge in [0.25, 0.3) is 0 Å². The Balaban J connectivity index is 2.52. The summed E-state index contributed by atoms with van der Waals surface area (Å²) >= 11 is 0. The predicted molar refractivity (Wildman–Crippen MR) is 60.2 cm³/mol. The number of hydrogen-bond donors (Lipinski definition) is 1. The summed E-state index contributed by atoms with van der Waals surface area (Å²) in [7, 11) is 0. The van der Waals surface area contributed by atoms with E-state index in [-0.39, 0.29) is 12.0 Å². The lowest BCUT2D eigenvalue weighted by molar-refractivity contribution is -0.0847. The summed E-state index contributed by atoms with van der Waals surface area (Å²) < 4.78 is 5.26. The normalized spacial score (nSPS) is 18.7. The van der Waals surface area contributed by atoms with E-state index in [0.717, 1.165) is 0 Å². The SMILES string of the molecule is Cc1cc(C)c(C2(CO)COC2)c(C)c1. The molecule has 2 nitrogen and oxygen atoms in total. The summed E-state index contributed by atoms with van der Waals surface area (Å²) in [6.45, 7) is 7.81. The van der Waals surface area contributed by atoms with E-state index in [0.29, 0.717) is 13.2 Å². The topological polar surface area (TPSA) is 29.5 Å². The fourth-order valence-corrected chi connectivity index (χ4v) is 2.68. The predicted octanol–water partition coefficient (Wildman–Crippen LogP) is 1.87. The van der Waals surface area contributed by atoms with Crippen LogP contribution >= 0.6 is 0 Å². The molecule has 0 radical (unpaired) electrons. The quantitative estimate of drug-likeness (QED) is 0.800. The molecule has 82 valence electrons. The van der Waals surface area contributed by atoms with E-state index in [2.05, 4.69) is 32.9 Å². The van der Waals surface area contributed by atoms with Crippen molar-refractivity contribution in [3.63, 3.8) is 0 Å². The van der Waals surface area contributed by atoms with Crippen molar-refractivity contribution in [1.29, 1.82) is 0 Å². The molecule has 1 fully saturated rings. The zero-order chi connectivity index (χ0) is 11.1. The van der Waals surface area contributed by atoms with Gasteiger partial charge < -0.3 is 9.84 Å². The molecule has 0 bridgehead atoms. The third-order valence-corrected chi connectivity index (χ3v) is 3.27. The number of rotatable bonds is 2. The minimum atomic E-state index is -0.137. The summed E-state index contributed by atoms with van der Waals surface area (Å²) in [4.78, 5) is 0. The maximum Gasteiger partial charge on any atom is 0.0656 e. The van der Waals surface area contributed by atoms with Gasteiger partial charge in [0.2, 0.25) is 0 Å². The Morgan fingerprint density at radius 2 is 1.73 bits per heavy atom. The lowest BCUT2D eigenvalue weighted by Crippen LogP contribution is -2.50. The van der Waals surface area contributed by atoms with Crippen LogP contribution in [-0.2, 0) is 10.2 Å². The number of hydrogen-bond acceptors (Lipinski definition) is 2. The molecule has 1 N–H and O–H groups in total. The lowest BCUT2D eigenvalue weighted by atomic mass is 9.75. The molecule has 0 saturated carbocycles. The van der Waals surface area contributed by atoms with Crippen LogP contribution in [0.2, 0.25) is 0 Å². The lowest BCUT2D eigenvalue weighted by Gasteiger charge is -2.42. The highest BCUT2D eigenvalue weighted by atomic mass is 16.5. The molecule has 0 amide bonds. The highest BCUT2D eigenvalue weighted by molar-refractivity contribution is 5.44. The number of ether oxygens (including phenoxy) is 1. The van der Waals surface area contributed by atoms with E-state index in [1.807, 2.05) is 0 Å². The Labute approximate surface area is 90.9 Å². The van der Waals surface area contributed by atoms with Crippen molar-refractivity contribution in [2.75, 3.05) is 19.8 Å². The van der Waals surface area contributed by atoms with Gasteiger partial charge >= 0.3 is 0 Å². The Hall–Kier alpha value is -0.860. The van der Waals surface area contributed by atoms with Crippen LogP contribution in [0.4, 0.5) is 0 Å². The summed E-state index contributed by atoms with van der Waals surface area (Å²) in [5.41, 5.74) is 4.96. The molecule has 2 heteroatoms. The summed E-state index contributed by atoms with van der Waals surface area (Å²) in [6.07, 6.45) is 0. The largest absolute Gasteiger partial charge is 0.395 e. The molecule has 1 aliphatic heterocycles. The van der Waals surface area contributed by atoms with E-state index < -0.39 is 0 Å². The van der Waals surface area contributed by atoms with Crippen molar-refractivity contribution in [2.24, 2.45) is 0 Å². The van der Waals surface area contributed by atoms with Crippen LogP contribution in [-0.4, -0.2) is 24.9 Å². The average molecular weight is 206 g/mol.